The van der Waals surface area contributed by atoms with Crippen molar-refractivity contribution in [2.75, 3.05) is 0 Å². The number of nitrogens with zero attached hydrogens (tertiary/aromatic N) is 2. The molecule has 0 spiro atoms. The van der Waals surface area contributed by atoms with Crippen LogP contribution in [0.5, 0.6) is 0 Å². The lowest BCUT2D eigenvalue weighted by Gasteiger charge is -2.27. The first-order valence-corrected chi connectivity index (χ1v) is 11.6. The molecule has 0 saturated heterocycles. The predicted octanol–water partition coefficient (Wildman–Crippen LogP) is 5.68. The minimum Gasteiger partial charge on any atom is -0.258 e. The molecule has 23 heavy (non-hydrogen) atoms. The molecular formula is C20H32N2Si. The third kappa shape index (κ3) is 6.65. The lowest BCUT2D eigenvalue weighted by molar-refractivity contribution is 1.03. The monoisotopic (exact) mass is 328 g/mol. The van der Waals surface area contributed by atoms with Crippen molar-refractivity contribution in [3.8, 4) is 0 Å². The van der Waals surface area contributed by atoms with E-state index in [1.54, 1.807) is 0 Å². The molecule has 126 valence electrons. The molecule has 2 nitrogen and oxygen atoms in total. The van der Waals surface area contributed by atoms with E-state index in [1.165, 1.54) is 29.9 Å². The quantitative estimate of drug-likeness (QED) is 0.660. The molecule has 0 fully saturated rings. The van der Waals surface area contributed by atoms with Crippen LogP contribution >= 0.6 is 0 Å². The van der Waals surface area contributed by atoms with Crippen molar-refractivity contribution in [2.45, 2.75) is 65.7 Å². The Kier molecular flexibility index (Phi) is 8.17. The maximum atomic E-state index is 4.64. The highest BCUT2D eigenvalue weighted by Gasteiger charge is 2.27. The third-order valence-corrected chi connectivity index (χ3v) is 10.4. The second kappa shape index (κ2) is 9.61. The number of pyridine rings is 2. The fourth-order valence-electron chi connectivity index (χ4n) is 2.89. The Morgan fingerprint density at radius 2 is 1.13 bits per heavy atom. The van der Waals surface area contributed by atoms with Gasteiger partial charge in [-0.25, -0.2) is 0 Å². The number of aryl methyl sites for hydroxylation is 3. The van der Waals surface area contributed by atoms with Gasteiger partial charge in [0.05, 0.1) is 8.07 Å². The topological polar surface area (TPSA) is 25.8 Å². The van der Waals surface area contributed by atoms with Crippen molar-refractivity contribution in [2.24, 2.45) is 0 Å². The van der Waals surface area contributed by atoms with Gasteiger partial charge in [-0.05, 0) is 51.1 Å². The van der Waals surface area contributed by atoms with Crippen LogP contribution in [0, 0.1) is 20.8 Å². The van der Waals surface area contributed by atoms with E-state index in [1.807, 2.05) is 32.0 Å². The fourth-order valence-corrected chi connectivity index (χ4v) is 6.10. The van der Waals surface area contributed by atoms with Gasteiger partial charge in [-0.1, -0.05) is 51.0 Å². The van der Waals surface area contributed by atoms with E-state index >= 15 is 0 Å². The van der Waals surface area contributed by atoms with Gasteiger partial charge < -0.3 is 0 Å². The van der Waals surface area contributed by atoms with Crippen molar-refractivity contribution in [3.05, 3.63) is 59.2 Å². The molecule has 0 aromatic carbocycles. The summed E-state index contributed by atoms with van der Waals surface area (Å²) in [5.41, 5.74) is 4.64. The molecule has 0 aliphatic rings. The Morgan fingerprint density at radius 1 is 0.696 bits per heavy atom. The minimum absolute atomic E-state index is 1.04. The summed E-state index contributed by atoms with van der Waals surface area (Å²) in [7, 11) is -1.04. The molecule has 0 aliphatic heterocycles. The van der Waals surface area contributed by atoms with E-state index in [0.29, 0.717) is 0 Å². The van der Waals surface area contributed by atoms with Crippen LogP contribution in [-0.4, -0.2) is 18.0 Å². The first-order chi connectivity index (χ1) is 10.9. The van der Waals surface area contributed by atoms with Gasteiger partial charge in [-0.3, -0.25) is 9.97 Å². The number of hydrogen-bond donors (Lipinski definition) is 0. The van der Waals surface area contributed by atoms with Crippen molar-refractivity contribution >= 4 is 8.07 Å². The van der Waals surface area contributed by atoms with Crippen LogP contribution in [0.2, 0.25) is 18.1 Å². The second-order valence-electron chi connectivity index (χ2n) is 6.43. The molecule has 0 aliphatic carbocycles. The second-order valence-corrected chi connectivity index (χ2v) is 11.9. The first kappa shape index (κ1) is 19.6. The standard InChI is InChI=1S/C13H23NSi.C7H9N/c1-5-15(6-2,7-3)11-13-10-8-9-12(4)14-13;1-6-4-3-5-7(2)8-6/h8-10H,5-7,11H2,1-4H3;3-5H,1-2H3. The zero-order chi connectivity index (χ0) is 17.3. The number of hydrogen-bond acceptors (Lipinski definition) is 2. The lowest BCUT2D eigenvalue weighted by Crippen LogP contribution is -2.35. The first-order valence-electron chi connectivity index (χ1n) is 8.77. The van der Waals surface area contributed by atoms with Crippen LogP contribution in [0.1, 0.15) is 43.5 Å². The highest BCUT2D eigenvalue weighted by molar-refractivity contribution is 6.79. The smallest absolute Gasteiger partial charge is 0.0590 e. The molecular weight excluding hydrogens is 296 g/mol. The van der Waals surface area contributed by atoms with Crippen LogP contribution < -0.4 is 0 Å². The Hall–Kier alpha value is -1.48. The molecule has 0 saturated carbocycles. The summed E-state index contributed by atoms with van der Waals surface area (Å²) >= 11 is 0. The highest BCUT2D eigenvalue weighted by atomic mass is 28.3. The third-order valence-electron chi connectivity index (χ3n) is 4.78. The molecule has 2 heterocycles. The van der Waals surface area contributed by atoms with Gasteiger partial charge in [-0.2, -0.15) is 0 Å². The van der Waals surface area contributed by atoms with E-state index in [4.69, 9.17) is 0 Å². The fraction of sp³-hybridized carbons (Fsp3) is 0.500. The normalized spacial score (nSPS) is 10.9. The van der Waals surface area contributed by atoms with E-state index in [9.17, 15) is 0 Å². The zero-order valence-corrected chi connectivity index (χ0v) is 16.7. The van der Waals surface area contributed by atoms with E-state index in [2.05, 4.69) is 55.9 Å². The molecule has 0 atom stereocenters. The summed E-state index contributed by atoms with van der Waals surface area (Å²) in [6.45, 7) is 13.1. The van der Waals surface area contributed by atoms with Gasteiger partial charge in [0, 0.05) is 22.8 Å². The van der Waals surface area contributed by atoms with Gasteiger partial charge in [0.2, 0.25) is 0 Å². The van der Waals surface area contributed by atoms with Crippen LogP contribution in [0.3, 0.4) is 0 Å². The lowest BCUT2D eigenvalue weighted by atomic mass is 10.3. The summed E-state index contributed by atoms with van der Waals surface area (Å²) in [6.07, 6.45) is 0. The van der Waals surface area contributed by atoms with Gasteiger partial charge in [0.1, 0.15) is 0 Å². The highest BCUT2D eigenvalue weighted by Crippen LogP contribution is 2.24. The van der Waals surface area contributed by atoms with E-state index in [0.717, 1.165) is 17.1 Å². The molecule has 2 rings (SSSR count). The van der Waals surface area contributed by atoms with Gasteiger partial charge in [0.25, 0.3) is 0 Å². The van der Waals surface area contributed by atoms with Crippen LogP contribution in [-0.2, 0) is 6.04 Å². The molecule has 3 heteroatoms. The average Bonchev–Trinajstić information content (AvgIpc) is 2.53. The molecule has 2 aromatic heterocycles. The Morgan fingerprint density at radius 3 is 1.48 bits per heavy atom. The summed E-state index contributed by atoms with van der Waals surface area (Å²) in [4.78, 5) is 8.81. The van der Waals surface area contributed by atoms with Crippen molar-refractivity contribution in [1.29, 1.82) is 0 Å². The SMILES string of the molecule is CC[Si](CC)(CC)Cc1cccc(C)n1.Cc1cccc(C)n1. The van der Waals surface area contributed by atoms with Crippen LogP contribution in [0.15, 0.2) is 36.4 Å². The maximum Gasteiger partial charge on any atom is 0.0590 e. The Bertz CT molecular complexity index is 566. The Labute approximate surface area is 143 Å². The summed E-state index contributed by atoms with van der Waals surface area (Å²) < 4.78 is 0. The molecule has 0 radical (unpaired) electrons. The van der Waals surface area contributed by atoms with Crippen molar-refractivity contribution < 1.29 is 0 Å². The molecule has 0 bridgehead atoms. The summed E-state index contributed by atoms with van der Waals surface area (Å²) in [5, 5.41) is 0. The maximum absolute atomic E-state index is 4.64. The number of rotatable bonds is 5. The number of aromatic nitrogens is 2. The molecule has 0 amide bonds. The van der Waals surface area contributed by atoms with Gasteiger partial charge >= 0.3 is 0 Å². The van der Waals surface area contributed by atoms with Crippen molar-refractivity contribution in [1.82, 2.24) is 9.97 Å². The zero-order valence-electron chi connectivity index (χ0n) is 15.7. The predicted molar refractivity (Wildman–Crippen MR) is 104 cm³/mol. The van der Waals surface area contributed by atoms with Gasteiger partial charge in [-0.15, -0.1) is 0 Å². The van der Waals surface area contributed by atoms with E-state index < -0.39 is 8.07 Å². The van der Waals surface area contributed by atoms with Crippen molar-refractivity contribution in [3.63, 3.8) is 0 Å². The van der Waals surface area contributed by atoms with Gasteiger partial charge in [0.15, 0.2) is 0 Å². The van der Waals surface area contributed by atoms with Crippen LogP contribution in [0.4, 0.5) is 0 Å². The van der Waals surface area contributed by atoms with Crippen LogP contribution in [0.25, 0.3) is 0 Å². The minimum atomic E-state index is -1.04. The molecule has 2 aromatic rings. The Balaban J connectivity index is 0.000000277. The summed E-state index contributed by atoms with van der Waals surface area (Å²) in [6, 6.07) is 17.8. The molecule has 0 unspecified atom stereocenters. The average molecular weight is 329 g/mol. The largest absolute Gasteiger partial charge is 0.258 e. The molecule has 0 N–H and O–H groups in total. The van der Waals surface area contributed by atoms with E-state index in [-0.39, 0.29) is 0 Å². The summed E-state index contributed by atoms with van der Waals surface area (Å²) in [5.74, 6) is 0.